The van der Waals surface area contributed by atoms with Crippen molar-refractivity contribution in [3.63, 3.8) is 0 Å². The molecule has 0 aliphatic carbocycles. The van der Waals surface area contributed by atoms with Gasteiger partial charge in [-0.1, -0.05) is 54.6 Å². The Bertz CT molecular complexity index is 1360. The molecule has 1 aliphatic rings. The van der Waals surface area contributed by atoms with E-state index in [1.54, 1.807) is 29.2 Å². The van der Waals surface area contributed by atoms with Gasteiger partial charge in [-0.3, -0.25) is 29.6 Å². The molecule has 0 spiro atoms. The molecule has 2 aromatic rings. The van der Waals surface area contributed by atoms with E-state index in [2.05, 4.69) is 15.6 Å². The van der Waals surface area contributed by atoms with Crippen LogP contribution in [0.3, 0.4) is 0 Å². The second-order valence-corrected chi connectivity index (χ2v) is 10.8. The lowest BCUT2D eigenvalue weighted by atomic mass is 9.95. The quantitative estimate of drug-likeness (QED) is 0.0471. The third-order valence-electron chi connectivity index (χ3n) is 7.28. The normalized spacial score (nSPS) is 14.7. The Morgan fingerprint density at radius 1 is 0.891 bits per heavy atom. The summed E-state index contributed by atoms with van der Waals surface area (Å²) < 4.78 is 11.2. The summed E-state index contributed by atoms with van der Waals surface area (Å²) in [6, 6.07) is 13.6. The van der Waals surface area contributed by atoms with Crippen LogP contribution in [0.5, 0.6) is 0 Å². The van der Waals surface area contributed by atoms with Gasteiger partial charge in [-0.05, 0) is 30.4 Å². The second-order valence-electron chi connectivity index (χ2n) is 10.8. The van der Waals surface area contributed by atoms with Gasteiger partial charge in [0.1, 0.15) is 23.8 Å². The number of nitrogens with zero attached hydrogens (tertiary/aromatic N) is 2. The van der Waals surface area contributed by atoms with Crippen LogP contribution in [0.25, 0.3) is 0 Å². The van der Waals surface area contributed by atoms with Crippen molar-refractivity contribution in [2.24, 2.45) is 33.8 Å². The van der Waals surface area contributed by atoms with Gasteiger partial charge in [0, 0.05) is 25.2 Å². The molecule has 4 amide bonds. The number of aliphatic imine (C=N–C) groups is 1. The summed E-state index contributed by atoms with van der Waals surface area (Å²) in [5.41, 5.74) is 23.8. The second kappa shape index (κ2) is 18.1. The molecular formula is C31H43N9O6. The number of carbonyl (C=O) groups is 4. The van der Waals surface area contributed by atoms with Crippen molar-refractivity contribution in [1.82, 2.24) is 15.5 Å². The Morgan fingerprint density at radius 3 is 2.15 bits per heavy atom. The van der Waals surface area contributed by atoms with Crippen LogP contribution < -0.4 is 33.6 Å². The maximum Gasteiger partial charge on any atom is 0.245 e. The predicted molar refractivity (Wildman–Crippen MR) is 171 cm³/mol. The van der Waals surface area contributed by atoms with Crippen molar-refractivity contribution < 1.29 is 28.7 Å². The van der Waals surface area contributed by atoms with E-state index in [9.17, 15) is 19.2 Å². The highest BCUT2D eigenvalue weighted by molar-refractivity contribution is 6.02. The fourth-order valence-electron chi connectivity index (χ4n) is 4.74. The molecule has 0 radical (unpaired) electrons. The molecular weight excluding hydrogens is 594 g/mol. The van der Waals surface area contributed by atoms with Crippen molar-refractivity contribution in [3.8, 4) is 0 Å². The van der Waals surface area contributed by atoms with Crippen LogP contribution in [-0.2, 0) is 41.7 Å². The standard InChI is InChI=1S/C31H43N9O6/c32-26(33)22-10-8-20(9-11-22)17-23(30(44)40-13-15-45-16-14-40)28(42)39-25(19-46-18-21-5-2-1-3-6-21)29(43)38-24(27(34)41)7-4-12-37-31(35)36/h1-3,5-6,8-11,23-25H,4,7,12-19H2,(H3,32,33)(H2,34,41)(H,38,43)(H,39,42)(H4,35,36,37)/t23?,24-,25-/m0/s1. The van der Waals surface area contributed by atoms with Gasteiger partial charge < -0.3 is 47.9 Å². The van der Waals surface area contributed by atoms with Crippen LogP contribution >= 0.6 is 0 Å². The zero-order valence-electron chi connectivity index (χ0n) is 25.7. The zero-order valence-corrected chi connectivity index (χ0v) is 25.7. The predicted octanol–water partition coefficient (Wildman–Crippen LogP) is -1.29. The van der Waals surface area contributed by atoms with Gasteiger partial charge in [0.25, 0.3) is 0 Å². The summed E-state index contributed by atoms with van der Waals surface area (Å²) >= 11 is 0. The molecule has 1 saturated heterocycles. The van der Waals surface area contributed by atoms with Crippen molar-refractivity contribution in [2.75, 3.05) is 39.5 Å². The molecule has 0 bridgehead atoms. The fourth-order valence-corrected chi connectivity index (χ4v) is 4.74. The lowest BCUT2D eigenvalue weighted by Crippen LogP contribution is -2.57. The van der Waals surface area contributed by atoms with Crippen LogP contribution in [0.15, 0.2) is 59.6 Å². The van der Waals surface area contributed by atoms with Crippen LogP contribution in [0.1, 0.15) is 29.5 Å². The average molecular weight is 638 g/mol. The van der Waals surface area contributed by atoms with Gasteiger partial charge in [0.15, 0.2) is 5.96 Å². The summed E-state index contributed by atoms with van der Waals surface area (Å²) in [6.45, 7) is 1.43. The van der Waals surface area contributed by atoms with Crippen LogP contribution in [0.2, 0.25) is 0 Å². The first-order valence-electron chi connectivity index (χ1n) is 14.9. The van der Waals surface area contributed by atoms with Gasteiger partial charge in [-0.2, -0.15) is 0 Å². The fraction of sp³-hybridized carbons (Fsp3) is 0.419. The van der Waals surface area contributed by atoms with Crippen LogP contribution in [0, 0.1) is 11.3 Å². The molecule has 11 N–H and O–H groups in total. The third kappa shape index (κ3) is 11.5. The van der Waals surface area contributed by atoms with E-state index in [0.29, 0.717) is 43.9 Å². The van der Waals surface area contributed by atoms with Gasteiger partial charge >= 0.3 is 0 Å². The summed E-state index contributed by atoms with van der Waals surface area (Å²) in [4.78, 5) is 58.6. The number of morpholine rings is 1. The molecule has 1 aliphatic heterocycles. The minimum absolute atomic E-state index is 0.0219. The van der Waals surface area contributed by atoms with E-state index in [4.69, 9.17) is 37.8 Å². The summed E-state index contributed by atoms with van der Waals surface area (Å²) in [5.74, 6) is -4.01. The third-order valence-corrected chi connectivity index (χ3v) is 7.28. The summed E-state index contributed by atoms with van der Waals surface area (Å²) in [7, 11) is 0. The Labute approximate surface area is 267 Å². The van der Waals surface area contributed by atoms with Gasteiger partial charge in [0.2, 0.25) is 23.6 Å². The highest BCUT2D eigenvalue weighted by Gasteiger charge is 2.35. The smallest absolute Gasteiger partial charge is 0.245 e. The number of amides is 4. The highest BCUT2D eigenvalue weighted by atomic mass is 16.5. The number of rotatable bonds is 17. The minimum atomic E-state index is -1.27. The SMILES string of the molecule is N=C(N)c1ccc(CC(C(=O)N[C@@H](COCc2ccccc2)C(=O)N[C@@H](CCCN=C(N)N)C(N)=O)C(=O)N2CCOCC2)cc1. The molecule has 3 rings (SSSR count). The highest BCUT2D eigenvalue weighted by Crippen LogP contribution is 2.16. The molecule has 0 aromatic heterocycles. The van der Waals surface area contributed by atoms with E-state index in [1.165, 1.54) is 0 Å². The Kier molecular flexibility index (Phi) is 13.9. The Hall–Kier alpha value is -5.02. The Morgan fingerprint density at radius 2 is 1.54 bits per heavy atom. The number of nitrogen functional groups attached to an aromatic ring is 1. The number of guanidine groups is 1. The number of ether oxygens (including phenoxy) is 2. The molecule has 3 atom stereocenters. The number of amidine groups is 1. The first kappa shape index (κ1) is 35.5. The molecule has 248 valence electrons. The topological polar surface area (TPSA) is 254 Å². The van der Waals surface area contributed by atoms with E-state index in [1.807, 2.05) is 30.3 Å². The largest absolute Gasteiger partial charge is 0.384 e. The average Bonchev–Trinajstić information content (AvgIpc) is 3.05. The van der Waals surface area contributed by atoms with E-state index < -0.39 is 41.6 Å². The monoisotopic (exact) mass is 637 g/mol. The van der Waals surface area contributed by atoms with E-state index >= 15 is 0 Å². The summed E-state index contributed by atoms with van der Waals surface area (Å²) in [5, 5.41) is 12.9. The van der Waals surface area contributed by atoms with Gasteiger partial charge in [0.05, 0.1) is 26.4 Å². The lowest BCUT2D eigenvalue weighted by molar-refractivity contribution is -0.146. The first-order valence-corrected chi connectivity index (χ1v) is 14.9. The first-order chi connectivity index (χ1) is 22.0. The number of hydrogen-bond acceptors (Lipinski definition) is 8. The number of carbonyl (C=O) groups excluding carboxylic acids is 4. The minimum Gasteiger partial charge on any atom is -0.384 e. The van der Waals surface area contributed by atoms with Gasteiger partial charge in [-0.25, -0.2) is 0 Å². The lowest BCUT2D eigenvalue weighted by Gasteiger charge is -2.31. The number of primary amides is 1. The van der Waals surface area contributed by atoms with Crippen molar-refractivity contribution in [3.05, 3.63) is 71.3 Å². The molecule has 1 heterocycles. The van der Waals surface area contributed by atoms with Gasteiger partial charge in [-0.15, -0.1) is 0 Å². The number of benzene rings is 2. The van der Waals surface area contributed by atoms with Crippen LogP contribution in [-0.4, -0.2) is 91.9 Å². The van der Waals surface area contributed by atoms with Crippen molar-refractivity contribution in [1.29, 1.82) is 5.41 Å². The summed E-state index contributed by atoms with van der Waals surface area (Å²) in [6.07, 6.45) is 0.526. The molecule has 46 heavy (non-hydrogen) atoms. The number of nitrogens with one attached hydrogen (secondary N) is 3. The zero-order chi connectivity index (χ0) is 33.5. The van der Waals surface area contributed by atoms with E-state index in [0.717, 1.165) is 5.56 Å². The molecule has 15 heteroatoms. The van der Waals surface area contributed by atoms with E-state index in [-0.39, 0.29) is 44.4 Å². The number of nitrogens with two attached hydrogens (primary N) is 4. The maximum absolute atomic E-state index is 13.8. The van der Waals surface area contributed by atoms with Crippen molar-refractivity contribution >= 4 is 35.4 Å². The van der Waals surface area contributed by atoms with Crippen molar-refractivity contribution in [2.45, 2.75) is 38.0 Å². The Balaban J connectivity index is 1.81. The molecule has 0 saturated carbocycles. The molecule has 2 aromatic carbocycles. The molecule has 1 fully saturated rings. The molecule has 15 nitrogen and oxygen atoms in total. The maximum atomic E-state index is 13.8. The van der Waals surface area contributed by atoms with Crippen LogP contribution in [0.4, 0.5) is 0 Å². The number of hydrogen-bond donors (Lipinski definition) is 7. The molecule has 1 unspecified atom stereocenters.